The van der Waals surface area contributed by atoms with E-state index in [1.807, 2.05) is 0 Å². The van der Waals surface area contributed by atoms with E-state index in [4.69, 9.17) is 0 Å². The molecule has 2 aliphatic carbocycles. The van der Waals surface area contributed by atoms with Crippen LogP contribution >= 0.6 is 0 Å². The van der Waals surface area contributed by atoms with Crippen LogP contribution in [0.2, 0.25) is 0 Å². The smallest absolute Gasteiger partial charge is 0.133 e. The summed E-state index contributed by atoms with van der Waals surface area (Å²) in [6.07, 6.45) is 5.44. The first kappa shape index (κ1) is 11.2. The normalized spacial score (nSPS) is 38.5. The lowest BCUT2D eigenvalue weighted by Crippen LogP contribution is -2.47. The van der Waals surface area contributed by atoms with Gasteiger partial charge in [-0.3, -0.25) is 4.79 Å². The molecular formula is C14H24O. The lowest BCUT2D eigenvalue weighted by Gasteiger charge is -2.54. The number of rotatable bonds is 0. The zero-order valence-corrected chi connectivity index (χ0v) is 10.6. The Morgan fingerprint density at radius 2 is 1.53 bits per heavy atom. The molecule has 0 heterocycles. The molecule has 2 saturated carbocycles. The lowest BCUT2D eigenvalue weighted by atomic mass is 9.51. The molecule has 0 aromatic carbocycles. The van der Waals surface area contributed by atoms with Gasteiger partial charge < -0.3 is 0 Å². The van der Waals surface area contributed by atoms with Crippen molar-refractivity contribution in [3.8, 4) is 0 Å². The molecule has 0 aromatic heterocycles. The summed E-state index contributed by atoms with van der Waals surface area (Å²) in [4.78, 5) is 11.6. The Hall–Kier alpha value is -0.330. The van der Waals surface area contributed by atoms with E-state index in [0.29, 0.717) is 22.5 Å². The highest BCUT2D eigenvalue weighted by Crippen LogP contribution is 2.56. The molecule has 1 nitrogen and oxygen atoms in total. The minimum Gasteiger partial charge on any atom is -0.300 e. The van der Waals surface area contributed by atoms with Crippen molar-refractivity contribution in [2.45, 2.75) is 59.8 Å². The molecular weight excluding hydrogens is 184 g/mol. The molecule has 0 aromatic rings. The second-order valence-corrected chi connectivity index (χ2v) is 6.97. The number of Topliss-reactive ketones (excluding diaryl/α,β-unsaturated/α-hetero) is 1. The predicted octanol–water partition coefficient (Wildman–Crippen LogP) is 3.82. The molecule has 0 bridgehead atoms. The lowest BCUT2D eigenvalue weighted by molar-refractivity contribution is -0.130. The third kappa shape index (κ3) is 1.86. The molecule has 2 rings (SSSR count). The number of ketones is 1. The van der Waals surface area contributed by atoms with Crippen molar-refractivity contribution < 1.29 is 4.79 Å². The van der Waals surface area contributed by atoms with Crippen molar-refractivity contribution in [1.29, 1.82) is 0 Å². The molecule has 86 valence electrons. The third-order valence-electron chi connectivity index (χ3n) is 5.09. The highest BCUT2D eigenvalue weighted by atomic mass is 16.1. The highest BCUT2D eigenvalue weighted by Gasteiger charge is 2.49. The SMILES string of the molecule is CC1(C)CCC(C)(C)C2CC(=O)CCC21. The number of hydrogen-bond acceptors (Lipinski definition) is 1. The van der Waals surface area contributed by atoms with Crippen LogP contribution in [0.4, 0.5) is 0 Å². The fraction of sp³-hybridized carbons (Fsp3) is 0.929. The van der Waals surface area contributed by atoms with Crippen LogP contribution in [0.25, 0.3) is 0 Å². The van der Waals surface area contributed by atoms with E-state index >= 15 is 0 Å². The van der Waals surface area contributed by atoms with Gasteiger partial charge in [0.2, 0.25) is 0 Å². The molecule has 0 N–H and O–H groups in total. The second-order valence-electron chi connectivity index (χ2n) is 6.97. The topological polar surface area (TPSA) is 17.1 Å². The average Bonchev–Trinajstić information content (AvgIpc) is 2.13. The van der Waals surface area contributed by atoms with Gasteiger partial charge in [-0.05, 0) is 41.9 Å². The Bertz CT molecular complexity index is 275. The Morgan fingerprint density at radius 1 is 1.00 bits per heavy atom. The quantitative estimate of drug-likeness (QED) is 0.591. The molecule has 0 radical (unpaired) electrons. The summed E-state index contributed by atoms with van der Waals surface area (Å²) in [5.74, 6) is 1.92. The summed E-state index contributed by atoms with van der Waals surface area (Å²) >= 11 is 0. The van der Waals surface area contributed by atoms with E-state index in [0.717, 1.165) is 25.2 Å². The molecule has 1 heteroatoms. The van der Waals surface area contributed by atoms with Gasteiger partial charge in [-0.2, -0.15) is 0 Å². The summed E-state index contributed by atoms with van der Waals surface area (Å²) in [7, 11) is 0. The van der Waals surface area contributed by atoms with Crippen LogP contribution in [0.3, 0.4) is 0 Å². The summed E-state index contributed by atoms with van der Waals surface area (Å²) in [6.45, 7) is 9.52. The molecule has 0 aliphatic heterocycles. The van der Waals surface area contributed by atoms with Gasteiger partial charge in [-0.15, -0.1) is 0 Å². The minimum atomic E-state index is 0.385. The van der Waals surface area contributed by atoms with Gasteiger partial charge in [-0.1, -0.05) is 27.7 Å². The van der Waals surface area contributed by atoms with Crippen LogP contribution in [0, 0.1) is 22.7 Å². The first-order chi connectivity index (χ1) is 6.83. The van der Waals surface area contributed by atoms with E-state index in [1.165, 1.54) is 12.8 Å². The Labute approximate surface area is 93.6 Å². The van der Waals surface area contributed by atoms with Gasteiger partial charge in [0.25, 0.3) is 0 Å². The maximum Gasteiger partial charge on any atom is 0.133 e. The van der Waals surface area contributed by atoms with E-state index in [-0.39, 0.29) is 0 Å². The second kappa shape index (κ2) is 3.33. The molecule has 0 spiro atoms. The van der Waals surface area contributed by atoms with Crippen LogP contribution in [0.5, 0.6) is 0 Å². The van der Waals surface area contributed by atoms with Crippen molar-refractivity contribution in [2.24, 2.45) is 22.7 Å². The van der Waals surface area contributed by atoms with Crippen LogP contribution in [-0.2, 0) is 4.79 Å². The largest absolute Gasteiger partial charge is 0.300 e. The Morgan fingerprint density at radius 3 is 2.13 bits per heavy atom. The van der Waals surface area contributed by atoms with Crippen LogP contribution < -0.4 is 0 Å². The molecule has 15 heavy (non-hydrogen) atoms. The number of fused-ring (bicyclic) bond motifs is 1. The fourth-order valence-corrected chi connectivity index (χ4v) is 3.78. The van der Waals surface area contributed by atoms with Gasteiger partial charge in [0.15, 0.2) is 0 Å². The molecule has 0 saturated heterocycles. The van der Waals surface area contributed by atoms with Crippen molar-refractivity contribution in [3.63, 3.8) is 0 Å². The zero-order chi connectivity index (χ0) is 11.3. The van der Waals surface area contributed by atoms with Crippen molar-refractivity contribution in [3.05, 3.63) is 0 Å². The monoisotopic (exact) mass is 208 g/mol. The van der Waals surface area contributed by atoms with Gasteiger partial charge in [0, 0.05) is 12.8 Å². The van der Waals surface area contributed by atoms with Crippen molar-refractivity contribution in [1.82, 2.24) is 0 Å². The Kier molecular flexibility index (Phi) is 2.48. The maximum absolute atomic E-state index is 11.6. The summed E-state index contributed by atoms with van der Waals surface area (Å²) < 4.78 is 0. The fourth-order valence-electron chi connectivity index (χ4n) is 3.78. The van der Waals surface area contributed by atoms with E-state index in [2.05, 4.69) is 27.7 Å². The number of hydrogen-bond donors (Lipinski definition) is 0. The molecule has 0 amide bonds. The average molecular weight is 208 g/mol. The van der Waals surface area contributed by atoms with Crippen molar-refractivity contribution in [2.75, 3.05) is 0 Å². The Balaban J connectivity index is 2.27. The van der Waals surface area contributed by atoms with Gasteiger partial charge in [0.1, 0.15) is 5.78 Å². The van der Waals surface area contributed by atoms with E-state index < -0.39 is 0 Å². The summed E-state index contributed by atoms with van der Waals surface area (Å²) in [6, 6.07) is 0. The molecule has 2 aliphatic rings. The highest BCUT2D eigenvalue weighted by molar-refractivity contribution is 5.79. The standard InChI is InChI=1S/C14H24O/c1-13(2)7-8-14(3,4)12-9-10(15)5-6-11(12)13/h11-12H,5-9H2,1-4H3. The van der Waals surface area contributed by atoms with E-state index in [9.17, 15) is 4.79 Å². The predicted molar refractivity (Wildman–Crippen MR) is 62.6 cm³/mol. The van der Waals surface area contributed by atoms with Gasteiger partial charge in [-0.25, -0.2) is 0 Å². The zero-order valence-electron chi connectivity index (χ0n) is 10.6. The number of carbonyl (C=O) groups is 1. The third-order valence-corrected chi connectivity index (χ3v) is 5.09. The van der Waals surface area contributed by atoms with Crippen LogP contribution in [0.15, 0.2) is 0 Å². The van der Waals surface area contributed by atoms with Crippen molar-refractivity contribution >= 4 is 5.78 Å². The first-order valence-electron chi connectivity index (χ1n) is 6.35. The van der Waals surface area contributed by atoms with E-state index in [1.54, 1.807) is 0 Å². The van der Waals surface area contributed by atoms with Crippen LogP contribution in [0.1, 0.15) is 59.8 Å². The summed E-state index contributed by atoms with van der Waals surface area (Å²) in [5.41, 5.74) is 0.844. The number of carbonyl (C=O) groups excluding carboxylic acids is 1. The minimum absolute atomic E-state index is 0.385. The molecule has 2 fully saturated rings. The van der Waals surface area contributed by atoms with Crippen LogP contribution in [-0.4, -0.2) is 5.78 Å². The van der Waals surface area contributed by atoms with Gasteiger partial charge in [0.05, 0.1) is 0 Å². The molecule has 2 atom stereocenters. The molecule has 2 unspecified atom stereocenters. The first-order valence-corrected chi connectivity index (χ1v) is 6.35. The maximum atomic E-state index is 11.6. The van der Waals surface area contributed by atoms with Gasteiger partial charge >= 0.3 is 0 Å². The summed E-state index contributed by atoms with van der Waals surface area (Å²) in [5, 5.41) is 0.